The molecule has 0 heterocycles. The fraction of sp³-hybridized carbons (Fsp3) is 0.222. The van der Waals surface area contributed by atoms with E-state index in [2.05, 4.69) is 26.0 Å². The first-order chi connectivity index (χ1) is 12.5. The van der Waals surface area contributed by atoms with Gasteiger partial charge >= 0.3 is 6.61 Å². The Bertz CT molecular complexity index is 753. The van der Waals surface area contributed by atoms with Gasteiger partial charge in [-0.1, -0.05) is 28.1 Å². The number of nitrogens with one attached hydrogen (secondary N) is 1. The van der Waals surface area contributed by atoms with E-state index in [4.69, 9.17) is 4.74 Å². The second-order valence-corrected chi connectivity index (χ2v) is 6.13. The molecule has 2 aromatic carbocycles. The Balaban J connectivity index is 1.74. The van der Waals surface area contributed by atoms with Crippen LogP contribution >= 0.6 is 15.9 Å². The summed E-state index contributed by atoms with van der Waals surface area (Å²) < 4.78 is 34.5. The van der Waals surface area contributed by atoms with Gasteiger partial charge in [0.1, 0.15) is 11.5 Å². The van der Waals surface area contributed by atoms with Crippen LogP contribution in [0.25, 0.3) is 0 Å². The Hall–Kier alpha value is -2.48. The Morgan fingerprint density at radius 1 is 1.19 bits per heavy atom. The average Bonchev–Trinajstić information content (AvgIpc) is 2.61. The molecule has 1 N–H and O–H groups in total. The normalized spacial score (nSPS) is 10.5. The molecule has 0 aliphatic carbocycles. The zero-order valence-electron chi connectivity index (χ0n) is 13.6. The van der Waals surface area contributed by atoms with Gasteiger partial charge in [-0.15, -0.1) is 0 Å². The van der Waals surface area contributed by atoms with E-state index in [1.807, 2.05) is 0 Å². The predicted molar refractivity (Wildman–Crippen MR) is 94.8 cm³/mol. The summed E-state index contributed by atoms with van der Waals surface area (Å²) in [5, 5.41) is 2.68. The van der Waals surface area contributed by atoms with Crippen molar-refractivity contribution in [3.05, 3.63) is 58.1 Å². The molecule has 0 atom stereocenters. The molecule has 0 unspecified atom stereocenters. The number of carbonyl (C=O) groups is 2. The molecule has 0 aliphatic heterocycles. The number of hydrogen-bond acceptors (Lipinski definition) is 4. The first kappa shape index (κ1) is 19.8. The number of benzene rings is 2. The van der Waals surface area contributed by atoms with E-state index in [1.165, 1.54) is 12.1 Å². The molecule has 8 heteroatoms. The summed E-state index contributed by atoms with van der Waals surface area (Å²) in [6.45, 7) is -2.72. The summed E-state index contributed by atoms with van der Waals surface area (Å²) in [6, 6.07) is 11.1. The van der Waals surface area contributed by atoms with Gasteiger partial charge in [0.25, 0.3) is 5.91 Å². The molecular formula is C18H16BrF2NO4. The van der Waals surface area contributed by atoms with Gasteiger partial charge < -0.3 is 14.8 Å². The largest absolute Gasteiger partial charge is 0.483 e. The van der Waals surface area contributed by atoms with Gasteiger partial charge in [0.2, 0.25) is 0 Å². The van der Waals surface area contributed by atoms with Crippen molar-refractivity contribution >= 4 is 28.1 Å². The minimum atomic E-state index is -2.86. The molecule has 0 spiro atoms. The highest BCUT2D eigenvalue weighted by Crippen LogP contribution is 2.21. The van der Waals surface area contributed by atoms with Crippen LogP contribution < -0.4 is 14.8 Å². The summed E-state index contributed by atoms with van der Waals surface area (Å²) in [5.74, 6) is 0.0806. The molecule has 5 nitrogen and oxygen atoms in total. The van der Waals surface area contributed by atoms with Crippen LogP contribution in [0.4, 0.5) is 8.78 Å². The van der Waals surface area contributed by atoms with Crippen molar-refractivity contribution in [1.29, 1.82) is 0 Å². The molecule has 1 amide bonds. The summed E-state index contributed by atoms with van der Waals surface area (Å²) >= 11 is 3.25. The van der Waals surface area contributed by atoms with Crippen molar-refractivity contribution in [2.75, 3.05) is 13.2 Å². The Morgan fingerprint density at radius 3 is 2.58 bits per heavy atom. The molecule has 26 heavy (non-hydrogen) atoms. The standard InChI is InChI=1S/C18H16BrF2NO4/c19-14-3-6-16(13(9-14)10-23)25-11-17(24)22-8-7-12-1-4-15(5-2-12)26-18(20)21/h1-6,9-10,18H,7-8,11H2,(H,22,24). The summed E-state index contributed by atoms with van der Waals surface area (Å²) in [6.07, 6.45) is 1.18. The number of rotatable bonds is 9. The molecule has 0 aliphatic rings. The SMILES string of the molecule is O=Cc1cc(Br)ccc1OCC(=O)NCCc1ccc(OC(F)F)cc1. The second-order valence-electron chi connectivity index (χ2n) is 5.21. The molecule has 0 saturated carbocycles. The van der Waals surface area contributed by atoms with E-state index in [1.54, 1.807) is 30.3 Å². The minimum absolute atomic E-state index is 0.0849. The van der Waals surface area contributed by atoms with E-state index in [-0.39, 0.29) is 18.3 Å². The molecule has 2 rings (SSSR count). The van der Waals surface area contributed by atoms with E-state index >= 15 is 0 Å². The number of amides is 1. The van der Waals surface area contributed by atoms with Crippen LogP contribution in [0.5, 0.6) is 11.5 Å². The highest BCUT2D eigenvalue weighted by Gasteiger charge is 2.08. The third-order valence-electron chi connectivity index (χ3n) is 3.34. The van der Waals surface area contributed by atoms with Crippen LogP contribution in [-0.2, 0) is 11.2 Å². The number of carbonyl (C=O) groups excluding carboxylic acids is 2. The Labute approximate surface area is 157 Å². The molecular weight excluding hydrogens is 412 g/mol. The van der Waals surface area contributed by atoms with Gasteiger partial charge in [0.05, 0.1) is 5.56 Å². The van der Waals surface area contributed by atoms with Gasteiger partial charge in [0.15, 0.2) is 12.9 Å². The Morgan fingerprint density at radius 2 is 1.92 bits per heavy atom. The van der Waals surface area contributed by atoms with E-state index in [0.717, 1.165) is 10.0 Å². The number of hydrogen-bond donors (Lipinski definition) is 1. The van der Waals surface area contributed by atoms with E-state index < -0.39 is 6.61 Å². The molecule has 0 saturated heterocycles. The molecule has 0 bridgehead atoms. The second kappa shape index (κ2) is 9.86. The molecule has 2 aromatic rings. The van der Waals surface area contributed by atoms with E-state index in [9.17, 15) is 18.4 Å². The maximum Gasteiger partial charge on any atom is 0.387 e. The smallest absolute Gasteiger partial charge is 0.387 e. The number of alkyl halides is 2. The molecule has 0 fully saturated rings. The highest BCUT2D eigenvalue weighted by atomic mass is 79.9. The lowest BCUT2D eigenvalue weighted by Gasteiger charge is -2.10. The molecule has 0 aromatic heterocycles. The lowest BCUT2D eigenvalue weighted by atomic mass is 10.1. The average molecular weight is 428 g/mol. The van der Waals surface area contributed by atoms with Crippen molar-refractivity contribution in [1.82, 2.24) is 5.32 Å². The third kappa shape index (κ3) is 6.44. The zero-order chi connectivity index (χ0) is 18.9. The van der Waals surface area contributed by atoms with Crippen LogP contribution in [-0.4, -0.2) is 32.0 Å². The maximum atomic E-state index is 12.1. The van der Waals surface area contributed by atoms with Gasteiger partial charge in [-0.2, -0.15) is 8.78 Å². The fourth-order valence-corrected chi connectivity index (χ4v) is 2.50. The van der Waals surface area contributed by atoms with Crippen LogP contribution in [0, 0.1) is 0 Å². The maximum absolute atomic E-state index is 12.1. The number of halogens is 3. The van der Waals surface area contributed by atoms with Gasteiger partial charge in [-0.3, -0.25) is 9.59 Å². The van der Waals surface area contributed by atoms with Crippen molar-refractivity contribution < 1.29 is 27.8 Å². The lowest BCUT2D eigenvalue weighted by molar-refractivity contribution is -0.123. The minimum Gasteiger partial charge on any atom is -0.483 e. The van der Waals surface area contributed by atoms with Gasteiger partial charge in [-0.05, 0) is 42.3 Å². The summed E-state index contributed by atoms with van der Waals surface area (Å²) in [7, 11) is 0. The first-order valence-corrected chi connectivity index (χ1v) is 8.45. The summed E-state index contributed by atoms with van der Waals surface area (Å²) in [4.78, 5) is 22.8. The Kier molecular flexibility index (Phi) is 7.53. The number of ether oxygens (including phenoxy) is 2. The monoisotopic (exact) mass is 427 g/mol. The van der Waals surface area contributed by atoms with Crippen molar-refractivity contribution in [2.24, 2.45) is 0 Å². The van der Waals surface area contributed by atoms with Crippen molar-refractivity contribution in [3.63, 3.8) is 0 Å². The van der Waals surface area contributed by atoms with Gasteiger partial charge in [-0.25, -0.2) is 0 Å². The predicted octanol–water partition coefficient (Wildman–Crippen LogP) is 3.60. The summed E-state index contributed by atoms with van der Waals surface area (Å²) in [5.41, 5.74) is 1.21. The first-order valence-electron chi connectivity index (χ1n) is 7.66. The van der Waals surface area contributed by atoms with Crippen LogP contribution in [0.2, 0.25) is 0 Å². The highest BCUT2D eigenvalue weighted by molar-refractivity contribution is 9.10. The third-order valence-corrected chi connectivity index (χ3v) is 3.84. The topological polar surface area (TPSA) is 64.6 Å². The van der Waals surface area contributed by atoms with Crippen LogP contribution in [0.3, 0.4) is 0 Å². The van der Waals surface area contributed by atoms with Gasteiger partial charge in [0, 0.05) is 11.0 Å². The zero-order valence-corrected chi connectivity index (χ0v) is 15.2. The van der Waals surface area contributed by atoms with Crippen LogP contribution in [0.1, 0.15) is 15.9 Å². The quantitative estimate of drug-likeness (QED) is 0.620. The molecule has 138 valence electrons. The van der Waals surface area contributed by atoms with Crippen molar-refractivity contribution in [2.45, 2.75) is 13.0 Å². The fourth-order valence-electron chi connectivity index (χ4n) is 2.12. The van der Waals surface area contributed by atoms with E-state index in [0.29, 0.717) is 30.6 Å². The van der Waals surface area contributed by atoms with Crippen molar-refractivity contribution in [3.8, 4) is 11.5 Å². The lowest BCUT2D eigenvalue weighted by Crippen LogP contribution is -2.30. The van der Waals surface area contributed by atoms with Crippen LogP contribution in [0.15, 0.2) is 46.9 Å². The number of aldehydes is 1. The molecule has 0 radical (unpaired) electrons.